The van der Waals surface area contributed by atoms with E-state index in [9.17, 15) is 0 Å². The predicted molar refractivity (Wildman–Crippen MR) is 553 cm³/mol. The SMILES string of the molecule is CC(N)COCC(COCC(COCC(C)N)OCC(C)N)OCC(C)N.CC(N)COCC(COCC(COCC(C)N)OCC(C)N)OCC(C)N.NCCOCC(COCC(COCCN)OCCN)OCCN.NCCOCC(COCC(COCCN)OCCN)OCCN.NCCOCC(COCCN)(COCCN)COCCN.NCCOCC(COCCN)(COCCN)COCCN. The standard InChI is InChI=1S/2C18H42N4O5.2C14H34N4O5.2C13H32N4O4/c2*1-13(19)5-23-9-17(26-7-15(3)21)11-25-12-18(27-8-16(4)22)10-24-6-14(2)20;2*15-1-5-19-9-13(22-7-3-17)11-21-12-14(23-8-4-18)10-20-6-2-16;2*14-1-5-18-9-13(10-19-6-2-15,11-20-7-3-16)12-21-8-4-17/h2*13-18H,5-12,19-22H2,1-4H3;2*13-14H,1-12,15-18H2;2*1-12,14-17H2. The van der Waals surface area contributed by atoms with Gasteiger partial charge in [0.1, 0.15) is 48.8 Å². The molecule has 864 valence electrons. The van der Waals surface area contributed by atoms with Crippen LogP contribution in [0.2, 0.25) is 0 Å². The van der Waals surface area contributed by atoms with Gasteiger partial charge in [-0.05, 0) is 55.4 Å². The zero-order valence-electron chi connectivity index (χ0n) is 88.8. The van der Waals surface area contributed by atoms with Crippen LogP contribution < -0.4 is 138 Å². The lowest BCUT2D eigenvalue weighted by molar-refractivity contribution is -0.103. The van der Waals surface area contributed by atoms with E-state index in [2.05, 4.69) is 0 Å². The summed E-state index contributed by atoms with van der Waals surface area (Å²) in [5.74, 6) is 0. The molecule has 0 fully saturated rings. The Kier molecular flexibility index (Phi) is 125. The van der Waals surface area contributed by atoms with Crippen molar-refractivity contribution in [2.24, 2.45) is 148 Å². The molecule has 52 heteroatoms. The van der Waals surface area contributed by atoms with Crippen LogP contribution in [0.4, 0.5) is 0 Å². The maximum absolute atomic E-state index is 5.78. The van der Waals surface area contributed by atoms with E-state index >= 15 is 0 Å². The Bertz CT molecular complexity index is 2020. The first-order valence-electron chi connectivity index (χ1n) is 50.2. The van der Waals surface area contributed by atoms with E-state index < -0.39 is 10.8 Å². The molecule has 142 heavy (non-hydrogen) atoms. The Morgan fingerprint density at radius 3 is 0.352 bits per heavy atom. The number of hydrogen-bond donors (Lipinski definition) is 24. The van der Waals surface area contributed by atoms with Gasteiger partial charge >= 0.3 is 0 Å². The van der Waals surface area contributed by atoms with Crippen molar-refractivity contribution in [2.45, 2.75) is 153 Å². The molecule has 52 nitrogen and oxygen atoms in total. The summed E-state index contributed by atoms with van der Waals surface area (Å²) in [4.78, 5) is 0. The number of ether oxygens (including phenoxy) is 28. The fourth-order valence-electron chi connectivity index (χ4n) is 10.8. The Hall–Kier alpha value is -2.08. The van der Waals surface area contributed by atoms with Gasteiger partial charge in [-0.1, -0.05) is 0 Å². The molecule has 0 spiro atoms. The third-order valence-electron chi connectivity index (χ3n) is 17.1. The van der Waals surface area contributed by atoms with Gasteiger partial charge in [0, 0.05) is 153 Å². The van der Waals surface area contributed by atoms with Crippen molar-refractivity contribution in [2.75, 3.05) is 422 Å². The smallest absolute Gasteiger partial charge is 0.104 e. The summed E-state index contributed by atoms with van der Waals surface area (Å²) in [6.45, 7) is 43.2. The summed E-state index contributed by atoms with van der Waals surface area (Å²) >= 11 is 0. The molecule has 0 heterocycles. The van der Waals surface area contributed by atoms with Gasteiger partial charge in [-0.15, -0.1) is 0 Å². The quantitative estimate of drug-likeness (QED) is 0.0251. The molecule has 0 aromatic carbocycles. The highest BCUT2D eigenvalue weighted by Gasteiger charge is 2.34. The van der Waals surface area contributed by atoms with Crippen molar-refractivity contribution in [3.05, 3.63) is 0 Å². The van der Waals surface area contributed by atoms with Gasteiger partial charge in [0.2, 0.25) is 0 Å². The van der Waals surface area contributed by atoms with E-state index in [0.29, 0.717) is 422 Å². The minimum Gasteiger partial charge on any atom is -0.379 e. The average Bonchev–Trinajstić information content (AvgIpc) is 0.871. The summed E-state index contributed by atoms with van der Waals surface area (Å²) in [5, 5.41) is 0. The van der Waals surface area contributed by atoms with E-state index in [1.165, 1.54) is 0 Å². The van der Waals surface area contributed by atoms with Crippen molar-refractivity contribution in [1.29, 1.82) is 0 Å². The molecule has 0 aliphatic heterocycles. The molecular weight excluding hydrogens is 1870 g/mol. The molecule has 16 unspecified atom stereocenters. The van der Waals surface area contributed by atoms with E-state index in [-0.39, 0.29) is 97.2 Å². The molecule has 0 radical (unpaired) electrons. The van der Waals surface area contributed by atoms with Crippen molar-refractivity contribution >= 4 is 0 Å². The van der Waals surface area contributed by atoms with Crippen molar-refractivity contribution < 1.29 is 133 Å². The topological polar surface area (TPSA) is 883 Å². The van der Waals surface area contributed by atoms with Crippen LogP contribution in [0.5, 0.6) is 0 Å². The predicted octanol–water partition coefficient (Wildman–Crippen LogP) is -10.6. The number of nitrogens with two attached hydrogens (primary N) is 24. The molecule has 0 saturated carbocycles. The van der Waals surface area contributed by atoms with Gasteiger partial charge in [0.25, 0.3) is 0 Å². The van der Waals surface area contributed by atoms with Crippen molar-refractivity contribution in [1.82, 2.24) is 0 Å². The van der Waals surface area contributed by atoms with Gasteiger partial charge in [-0.25, -0.2) is 0 Å². The van der Waals surface area contributed by atoms with Gasteiger partial charge < -0.3 is 270 Å². The molecule has 0 aromatic heterocycles. The molecule has 0 amide bonds. The highest BCUT2D eigenvalue weighted by atomic mass is 16.6. The summed E-state index contributed by atoms with van der Waals surface area (Å²) in [5.41, 5.74) is 132. The second-order valence-electron chi connectivity index (χ2n) is 34.2. The minimum absolute atomic E-state index is 0.0295. The van der Waals surface area contributed by atoms with Gasteiger partial charge in [0.15, 0.2) is 0 Å². The van der Waals surface area contributed by atoms with E-state index in [0.717, 1.165) is 0 Å². The monoisotopic (exact) mass is 2080 g/mol. The van der Waals surface area contributed by atoms with Crippen LogP contribution in [0, 0.1) is 10.8 Å². The minimum atomic E-state index is -0.408. The second-order valence-corrected chi connectivity index (χ2v) is 34.2. The summed E-state index contributed by atoms with van der Waals surface area (Å²) in [6, 6.07) is -0.360. The maximum atomic E-state index is 5.78. The zero-order chi connectivity index (χ0) is 107. The number of hydrogen-bond acceptors (Lipinski definition) is 52. The third kappa shape index (κ3) is 115. The lowest BCUT2D eigenvalue weighted by Crippen LogP contribution is -2.43. The molecule has 0 aromatic rings. The first-order chi connectivity index (χ1) is 68.4. The highest BCUT2D eigenvalue weighted by Crippen LogP contribution is 2.22. The molecule has 0 aliphatic carbocycles. The lowest BCUT2D eigenvalue weighted by atomic mass is 9.92. The molecular formula is C90H216N24O28. The Balaban J connectivity index is -0.000000392. The van der Waals surface area contributed by atoms with Crippen LogP contribution >= 0.6 is 0 Å². The highest BCUT2D eigenvalue weighted by molar-refractivity contribution is 4.82. The Morgan fingerprint density at radius 1 is 0.127 bits per heavy atom. The van der Waals surface area contributed by atoms with Crippen LogP contribution in [-0.2, 0) is 133 Å². The van der Waals surface area contributed by atoms with Crippen LogP contribution in [0.3, 0.4) is 0 Å². The fourth-order valence-corrected chi connectivity index (χ4v) is 10.8. The Labute approximate surface area is 852 Å². The first-order valence-corrected chi connectivity index (χ1v) is 50.2. The van der Waals surface area contributed by atoms with Crippen LogP contribution in [-0.4, -0.2) is 519 Å². The summed E-state index contributed by atoms with van der Waals surface area (Å²) in [7, 11) is 0. The van der Waals surface area contributed by atoms with E-state index in [1.807, 2.05) is 55.4 Å². The number of rotatable bonds is 104. The van der Waals surface area contributed by atoms with E-state index in [1.54, 1.807) is 0 Å². The Morgan fingerprint density at radius 2 is 0.232 bits per heavy atom. The van der Waals surface area contributed by atoms with Crippen molar-refractivity contribution in [3.63, 3.8) is 0 Å². The first kappa shape index (κ1) is 151. The van der Waals surface area contributed by atoms with Crippen LogP contribution in [0.1, 0.15) is 55.4 Å². The lowest BCUT2D eigenvalue weighted by Gasteiger charge is -2.33. The fraction of sp³-hybridized carbons (Fsp3) is 1.00. The van der Waals surface area contributed by atoms with Gasteiger partial charge in [0.05, 0.1) is 328 Å². The largest absolute Gasteiger partial charge is 0.379 e. The van der Waals surface area contributed by atoms with Crippen molar-refractivity contribution in [3.8, 4) is 0 Å². The van der Waals surface area contributed by atoms with E-state index in [4.69, 9.17) is 270 Å². The summed E-state index contributed by atoms with van der Waals surface area (Å²) in [6.07, 6.45) is -1.67. The molecule has 48 N–H and O–H groups in total. The van der Waals surface area contributed by atoms with Gasteiger partial charge in [-0.3, -0.25) is 0 Å². The van der Waals surface area contributed by atoms with Gasteiger partial charge in [-0.2, -0.15) is 0 Å². The molecule has 0 rings (SSSR count). The van der Waals surface area contributed by atoms with Crippen LogP contribution in [0.15, 0.2) is 0 Å². The molecule has 16 atom stereocenters. The van der Waals surface area contributed by atoms with Crippen LogP contribution in [0.25, 0.3) is 0 Å². The molecule has 0 bridgehead atoms. The zero-order valence-corrected chi connectivity index (χ0v) is 88.8. The normalized spacial score (nSPS) is 15.2. The molecule has 0 saturated heterocycles. The average molecular weight is 2080 g/mol. The second kappa shape index (κ2) is 118. The summed E-state index contributed by atoms with van der Waals surface area (Å²) < 4.78 is 157. The molecule has 0 aliphatic rings. The maximum Gasteiger partial charge on any atom is 0.104 e. The third-order valence-corrected chi connectivity index (χ3v) is 17.1.